The molecule has 0 aromatic carbocycles. The lowest BCUT2D eigenvalue weighted by Gasteiger charge is -2.07. The van der Waals surface area contributed by atoms with Crippen LogP contribution in [0.4, 0.5) is 0 Å². The first-order chi connectivity index (χ1) is 3.89. The predicted molar refractivity (Wildman–Crippen MR) is 30.5 cm³/mol. The van der Waals surface area contributed by atoms with Gasteiger partial charge in [-0.05, 0) is 6.92 Å². The maximum absolute atomic E-state index is 5.09. The van der Waals surface area contributed by atoms with E-state index in [0.29, 0.717) is 13.2 Å². The van der Waals surface area contributed by atoms with Gasteiger partial charge in [0.25, 0.3) is 0 Å². The van der Waals surface area contributed by atoms with Crippen LogP contribution in [0.5, 0.6) is 0 Å². The van der Waals surface area contributed by atoms with E-state index in [0.717, 1.165) is 0 Å². The first-order valence-corrected chi connectivity index (χ1v) is 2.78. The molecule has 46 valence electrons. The normalized spacial score (nSPS) is 23.1. The maximum Gasteiger partial charge on any atom is 0.155 e. The van der Waals surface area contributed by atoms with Crippen LogP contribution >= 0.6 is 0 Å². The molecule has 2 nitrogen and oxygen atoms in total. The second-order valence-corrected chi connectivity index (χ2v) is 1.71. The zero-order valence-corrected chi connectivity index (χ0v) is 4.96. The Morgan fingerprint density at radius 2 is 1.75 bits per heavy atom. The predicted octanol–water partition coefficient (Wildman–Crippen LogP) is 0.935. The summed E-state index contributed by atoms with van der Waals surface area (Å²) in [5.41, 5.74) is 0. The van der Waals surface area contributed by atoms with Crippen molar-refractivity contribution in [2.45, 2.75) is 13.2 Å². The monoisotopic (exact) mass is 114 g/mol. The number of rotatable bonds is 0. The quantitative estimate of drug-likeness (QED) is 0.436. The van der Waals surface area contributed by atoms with Crippen LogP contribution in [0.15, 0.2) is 12.2 Å². The first-order valence-electron chi connectivity index (χ1n) is 2.78. The van der Waals surface area contributed by atoms with Crippen molar-refractivity contribution in [3.05, 3.63) is 12.2 Å². The highest BCUT2D eigenvalue weighted by molar-refractivity contribution is 4.82. The Morgan fingerprint density at radius 1 is 1.25 bits per heavy atom. The molecule has 8 heavy (non-hydrogen) atoms. The zero-order valence-electron chi connectivity index (χ0n) is 4.96. The Hall–Kier alpha value is -0.340. The number of ether oxygens (including phenoxy) is 2. The number of hydrogen-bond donors (Lipinski definition) is 0. The SMILES string of the molecule is CC1OCC=CCO1. The second-order valence-electron chi connectivity index (χ2n) is 1.71. The molecule has 0 fully saturated rings. The van der Waals surface area contributed by atoms with Gasteiger partial charge in [0.05, 0.1) is 13.2 Å². The van der Waals surface area contributed by atoms with Crippen molar-refractivity contribution >= 4 is 0 Å². The summed E-state index contributed by atoms with van der Waals surface area (Å²) < 4.78 is 10.2. The minimum atomic E-state index is -0.0370. The Bertz CT molecular complexity index is 78.5. The molecular weight excluding hydrogens is 104 g/mol. The summed E-state index contributed by atoms with van der Waals surface area (Å²) >= 11 is 0. The molecule has 0 unspecified atom stereocenters. The average Bonchev–Trinajstić information content (AvgIpc) is 1.94. The Kier molecular flexibility index (Phi) is 2.06. The van der Waals surface area contributed by atoms with E-state index in [2.05, 4.69) is 0 Å². The largest absolute Gasteiger partial charge is 0.349 e. The summed E-state index contributed by atoms with van der Waals surface area (Å²) in [4.78, 5) is 0. The zero-order chi connectivity index (χ0) is 5.82. The van der Waals surface area contributed by atoms with Crippen molar-refractivity contribution in [1.82, 2.24) is 0 Å². The molecule has 1 aliphatic heterocycles. The van der Waals surface area contributed by atoms with Gasteiger partial charge in [-0.2, -0.15) is 0 Å². The molecule has 0 amide bonds. The third kappa shape index (κ3) is 1.64. The topological polar surface area (TPSA) is 18.5 Å². The molecule has 0 N–H and O–H groups in total. The molecule has 1 aliphatic rings. The van der Waals surface area contributed by atoms with Gasteiger partial charge in [0.15, 0.2) is 6.29 Å². The minimum absolute atomic E-state index is 0.0370. The summed E-state index contributed by atoms with van der Waals surface area (Å²) in [6.45, 7) is 3.26. The highest BCUT2D eigenvalue weighted by Crippen LogP contribution is 1.97. The van der Waals surface area contributed by atoms with Crippen LogP contribution in [0.3, 0.4) is 0 Å². The van der Waals surface area contributed by atoms with E-state index in [1.807, 2.05) is 19.1 Å². The van der Waals surface area contributed by atoms with E-state index in [4.69, 9.17) is 9.47 Å². The lowest BCUT2D eigenvalue weighted by atomic mass is 10.5. The summed E-state index contributed by atoms with van der Waals surface area (Å²) in [6.07, 6.45) is 3.89. The van der Waals surface area contributed by atoms with Crippen LogP contribution in [-0.2, 0) is 9.47 Å². The maximum atomic E-state index is 5.09. The van der Waals surface area contributed by atoms with Crippen LogP contribution in [-0.4, -0.2) is 19.5 Å². The fourth-order valence-corrected chi connectivity index (χ4v) is 0.566. The van der Waals surface area contributed by atoms with E-state index < -0.39 is 0 Å². The molecule has 0 saturated carbocycles. The summed E-state index contributed by atoms with van der Waals surface area (Å²) in [7, 11) is 0. The van der Waals surface area contributed by atoms with Gasteiger partial charge in [-0.1, -0.05) is 12.2 Å². The van der Waals surface area contributed by atoms with Crippen molar-refractivity contribution in [3.8, 4) is 0 Å². The average molecular weight is 114 g/mol. The van der Waals surface area contributed by atoms with Gasteiger partial charge in [-0.3, -0.25) is 0 Å². The van der Waals surface area contributed by atoms with Crippen molar-refractivity contribution in [2.75, 3.05) is 13.2 Å². The third-order valence-corrected chi connectivity index (χ3v) is 1.02. The van der Waals surface area contributed by atoms with E-state index >= 15 is 0 Å². The van der Waals surface area contributed by atoms with Gasteiger partial charge in [0.2, 0.25) is 0 Å². The van der Waals surface area contributed by atoms with Gasteiger partial charge < -0.3 is 9.47 Å². The van der Waals surface area contributed by atoms with Crippen molar-refractivity contribution in [3.63, 3.8) is 0 Å². The second kappa shape index (κ2) is 2.84. The Morgan fingerprint density at radius 3 is 2.25 bits per heavy atom. The van der Waals surface area contributed by atoms with Gasteiger partial charge in [-0.25, -0.2) is 0 Å². The van der Waals surface area contributed by atoms with Crippen LogP contribution < -0.4 is 0 Å². The van der Waals surface area contributed by atoms with Gasteiger partial charge in [0.1, 0.15) is 0 Å². The fourth-order valence-electron chi connectivity index (χ4n) is 0.566. The molecule has 0 saturated heterocycles. The third-order valence-electron chi connectivity index (χ3n) is 1.02. The van der Waals surface area contributed by atoms with E-state index in [-0.39, 0.29) is 6.29 Å². The van der Waals surface area contributed by atoms with Gasteiger partial charge in [0, 0.05) is 0 Å². The molecule has 0 atom stereocenters. The molecule has 2 heteroatoms. The Balaban J connectivity index is 2.28. The van der Waals surface area contributed by atoms with Crippen molar-refractivity contribution < 1.29 is 9.47 Å². The van der Waals surface area contributed by atoms with E-state index in [1.165, 1.54) is 0 Å². The highest BCUT2D eigenvalue weighted by Gasteiger charge is 2.00. The summed E-state index contributed by atoms with van der Waals surface area (Å²) in [5.74, 6) is 0. The fraction of sp³-hybridized carbons (Fsp3) is 0.667. The molecule has 0 aromatic heterocycles. The molecule has 0 radical (unpaired) electrons. The number of hydrogen-bond acceptors (Lipinski definition) is 2. The molecule has 1 rings (SSSR count). The van der Waals surface area contributed by atoms with Crippen LogP contribution in [0.1, 0.15) is 6.92 Å². The molecular formula is C6H10O2. The van der Waals surface area contributed by atoms with Crippen LogP contribution in [0.25, 0.3) is 0 Å². The summed E-state index contributed by atoms with van der Waals surface area (Å²) in [6, 6.07) is 0. The highest BCUT2D eigenvalue weighted by atomic mass is 16.7. The van der Waals surface area contributed by atoms with Crippen molar-refractivity contribution in [1.29, 1.82) is 0 Å². The molecule has 0 aromatic rings. The first kappa shape index (κ1) is 5.79. The molecule has 0 spiro atoms. The summed E-state index contributed by atoms with van der Waals surface area (Å²) in [5, 5.41) is 0. The molecule has 0 aliphatic carbocycles. The van der Waals surface area contributed by atoms with Crippen LogP contribution in [0.2, 0.25) is 0 Å². The Labute approximate surface area is 49.1 Å². The van der Waals surface area contributed by atoms with E-state index in [1.54, 1.807) is 0 Å². The smallest absolute Gasteiger partial charge is 0.155 e. The minimum Gasteiger partial charge on any atom is -0.349 e. The molecule has 0 bridgehead atoms. The lowest BCUT2D eigenvalue weighted by molar-refractivity contribution is -0.108. The van der Waals surface area contributed by atoms with E-state index in [9.17, 15) is 0 Å². The van der Waals surface area contributed by atoms with Crippen molar-refractivity contribution in [2.24, 2.45) is 0 Å². The lowest BCUT2D eigenvalue weighted by Crippen LogP contribution is -2.10. The molecule has 1 heterocycles. The standard InChI is InChI=1S/C6H10O2/c1-6-7-4-2-3-5-8-6/h2-3,6H,4-5H2,1H3. The van der Waals surface area contributed by atoms with Gasteiger partial charge >= 0.3 is 0 Å². The van der Waals surface area contributed by atoms with Gasteiger partial charge in [-0.15, -0.1) is 0 Å². The van der Waals surface area contributed by atoms with Crippen LogP contribution in [0, 0.1) is 0 Å².